The Morgan fingerprint density at radius 1 is 1.50 bits per heavy atom. The Labute approximate surface area is 84.3 Å². The minimum Gasteiger partial charge on any atom is -0.310 e. The molecule has 1 saturated heterocycles. The third-order valence-corrected chi connectivity index (χ3v) is 2.94. The monoisotopic (exact) mass is 193 g/mol. The van der Waals surface area contributed by atoms with Crippen LogP contribution in [0, 0.1) is 5.82 Å². The van der Waals surface area contributed by atoms with E-state index < -0.39 is 0 Å². The predicted molar refractivity (Wildman–Crippen MR) is 55.8 cm³/mol. The molecule has 1 unspecified atom stereocenters. The van der Waals surface area contributed by atoms with E-state index in [1.165, 1.54) is 6.42 Å². The molecule has 1 heterocycles. The third-order valence-electron chi connectivity index (χ3n) is 2.94. The number of benzene rings is 1. The molecule has 0 radical (unpaired) electrons. The lowest BCUT2D eigenvalue weighted by molar-refractivity contribution is 0.587. The summed E-state index contributed by atoms with van der Waals surface area (Å²) in [6.45, 7) is 3.07. The van der Waals surface area contributed by atoms with Crippen LogP contribution in [0.15, 0.2) is 18.2 Å². The summed E-state index contributed by atoms with van der Waals surface area (Å²) in [5, 5.41) is 3.41. The van der Waals surface area contributed by atoms with Crippen molar-refractivity contribution in [2.75, 3.05) is 6.54 Å². The summed E-state index contributed by atoms with van der Waals surface area (Å²) < 4.78 is 13.5. The van der Waals surface area contributed by atoms with Crippen LogP contribution in [0.5, 0.6) is 0 Å². The SMILES string of the molecule is CCc1c(F)cccc1C1CCCN1. The fourth-order valence-electron chi connectivity index (χ4n) is 2.22. The summed E-state index contributed by atoms with van der Waals surface area (Å²) in [6, 6.07) is 5.78. The van der Waals surface area contributed by atoms with Gasteiger partial charge in [0.25, 0.3) is 0 Å². The normalized spacial score (nSPS) is 21.4. The van der Waals surface area contributed by atoms with Crippen LogP contribution in [0.25, 0.3) is 0 Å². The van der Waals surface area contributed by atoms with Crippen molar-refractivity contribution in [3.05, 3.63) is 35.1 Å². The van der Waals surface area contributed by atoms with Crippen molar-refractivity contribution in [3.63, 3.8) is 0 Å². The summed E-state index contributed by atoms with van der Waals surface area (Å²) >= 11 is 0. The van der Waals surface area contributed by atoms with E-state index in [1.54, 1.807) is 6.07 Å². The Kier molecular flexibility index (Phi) is 2.82. The topological polar surface area (TPSA) is 12.0 Å². The van der Waals surface area contributed by atoms with Crippen molar-refractivity contribution in [3.8, 4) is 0 Å². The van der Waals surface area contributed by atoms with Crippen molar-refractivity contribution in [1.29, 1.82) is 0 Å². The zero-order valence-corrected chi connectivity index (χ0v) is 8.52. The van der Waals surface area contributed by atoms with E-state index in [1.807, 2.05) is 19.1 Å². The van der Waals surface area contributed by atoms with Crippen LogP contribution in [0.2, 0.25) is 0 Å². The second-order valence-corrected chi connectivity index (χ2v) is 3.81. The average Bonchev–Trinajstić information content (AvgIpc) is 2.70. The first-order valence-electron chi connectivity index (χ1n) is 5.33. The van der Waals surface area contributed by atoms with E-state index in [-0.39, 0.29) is 5.82 Å². The molecule has 1 nitrogen and oxygen atoms in total. The van der Waals surface area contributed by atoms with Gasteiger partial charge >= 0.3 is 0 Å². The van der Waals surface area contributed by atoms with Crippen LogP contribution in [-0.2, 0) is 6.42 Å². The highest BCUT2D eigenvalue weighted by Crippen LogP contribution is 2.27. The van der Waals surface area contributed by atoms with Gasteiger partial charge in [-0.15, -0.1) is 0 Å². The van der Waals surface area contributed by atoms with Gasteiger partial charge in [0, 0.05) is 6.04 Å². The molecular weight excluding hydrogens is 177 g/mol. The molecule has 14 heavy (non-hydrogen) atoms. The van der Waals surface area contributed by atoms with Crippen molar-refractivity contribution in [1.82, 2.24) is 5.32 Å². The van der Waals surface area contributed by atoms with Gasteiger partial charge in [0.15, 0.2) is 0 Å². The molecular formula is C12H16FN. The lowest BCUT2D eigenvalue weighted by atomic mass is 9.97. The predicted octanol–water partition coefficient (Wildman–Crippen LogP) is 2.81. The van der Waals surface area contributed by atoms with Crippen LogP contribution >= 0.6 is 0 Å². The van der Waals surface area contributed by atoms with Crippen LogP contribution in [0.3, 0.4) is 0 Å². The average molecular weight is 193 g/mol. The van der Waals surface area contributed by atoms with Crippen molar-refractivity contribution in [2.24, 2.45) is 0 Å². The molecule has 0 aliphatic carbocycles. The van der Waals surface area contributed by atoms with E-state index >= 15 is 0 Å². The van der Waals surface area contributed by atoms with E-state index in [0.29, 0.717) is 6.04 Å². The summed E-state index contributed by atoms with van der Waals surface area (Å²) in [7, 11) is 0. The fraction of sp³-hybridized carbons (Fsp3) is 0.500. The summed E-state index contributed by atoms with van der Waals surface area (Å²) in [5.74, 6) is -0.0568. The maximum atomic E-state index is 13.5. The Hall–Kier alpha value is -0.890. The zero-order valence-electron chi connectivity index (χ0n) is 8.52. The molecule has 1 aliphatic heterocycles. The largest absolute Gasteiger partial charge is 0.310 e. The summed E-state index contributed by atoms with van der Waals surface area (Å²) in [4.78, 5) is 0. The smallest absolute Gasteiger partial charge is 0.126 e. The molecule has 1 fully saturated rings. The van der Waals surface area contributed by atoms with Crippen LogP contribution in [0.1, 0.15) is 36.9 Å². The van der Waals surface area contributed by atoms with Crippen molar-refractivity contribution >= 4 is 0 Å². The Morgan fingerprint density at radius 2 is 2.36 bits per heavy atom. The summed E-state index contributed by atoms with van der Waals surface area (Å²) in [6.07, 6.45) is 3.11. The number of hydrogen-bond acceptors (Lipinski definition) is 1. The summed E-state index contributed by atoms with van der Waals surface area (Å²) in [5.41, 5.74) is 2.04. The maximum Gasteiger partial charge on any atom is 0.126 e. The highest BCUT2D eigenvalue weighted by Gasteiger charge is 2.19. The second-order valence-electron chi connectivity index (χ2n) is 3.81. The van der Waals surface area contributed by atoms with E-state index in [9.17, 15) is 4.39 Å². The zero-order chi connectivity index (χ0) is 9.97. The molecule has 1 aromatic rings. The van der Waals surface area contributed by atoms with Crippen molar-refractivity contribution in [2.45, 2.75) is 32.2 Å². The standard InChI is InChI=1S/C12H16FN/c1-2-9-10(5-3-6-11(9)13)12-7-4-8-14-12/h3,5-6,12,14H,2,4,7-8H2,1H3. The van der Waals surface area contributed by atoms with Crippen LogP contribution in [-0.4, -0.2) is 6.54 Å². The molecule has 1 atom stereocenters. The quantitative estimate of drug-likeness (QED) is 0.761. The highest BCUT2D eigenvalue weighted by atomic mass is 19.1. The molecule has 1 N–H and O–H groups in total. The van der Waals surface area contributed by atoms with Gasteiger partial charge in [-0.2, -0.15) is 0 Å². The number of hydrogen-bond donors (Lipinski definition) is 1. The van der Waals surface area contributed by atoms with Gasteiger partial charge in [-0.1, -0.05) is 19.1 Å². The lowest BCUT2D eigenvalue weighted by Crippen LogP contribution is -2.15. The van der Waals surface area contributed by atoms with Gasteiger partial charge in [0.1, 0.15) is 5.82 Å². The van der Waals surface area contributed by atoms with Crippen LogP contribution in [0.4, 0.5) is 4.39 Å². The lowest BCUT2D eigenvalue weighted by Gasteiger charge is -2.15. The third kappa shape index (κ3) is 1.67. The molecule has 0 amide bonds. The molecule has 0 spiro atoms. The Morgan fingerprint density at radius 3 is 3.00 bits per heavy atom. The number of nitrogens with one attached hydrogen (secondary N) is 1. The van der Waals surface area contributed by atoms with Gasteiger partial charge in [-0.05, 0) is 43.0 Å². The van der Waals surface area contributed by atoms with Gasteiger partial charge in [0.2, 0.25) is 0 Å². The molecule has 2 heteroatoms. The fourth-order valence-corrected chi connectivity index (χ4v) is 2.22. The minimum atomic E-state index is -0.0568. The first-order chi connectivity index (χ1) is 6.83. The first kappa shape index (κ1) is 9.66. The van der Waals surface area contributed by atoms with Gasteiger partial charge in [-0.3, -0.25) is 0 Å². The molecule has 76 valence electrons. The molecule has 1 aliphatic rings. The Balaban J connectivity index is 2.35. The molecule has 0 saturated carbocycles. The second kappa shape index (κ2) is 4.09. The van der Waals surface area contributed by atoms with Gasteiger partial charge in [0.05, 0.1) is 0 Å². The first-order valence-corrected chi connectivity index (χ1v) is 5.33. The van der Waals surface area contributed by atoms with Gasteiger partial charge in [-0.25, -0.2) is 4.39 Å². The molecule has 0 aromatic heterocycles. The van der Waals surface area contributed by atoms with E-state index in [4.69, 9.17) is 0 Å². The molecule has 1 aromatic carbocycles. The molecule has 0 bridgehead atoms. The number of rotatable bonds is 2. The molecule has 2 rings (SSSR count). The van der Waals surface area contributed by atoms with Gasteiger partial charge < -0.3 is 5.32 Å². The Bertz CT molecular complexity index is 316. The number of halogens is 1. The van der Waals surface area contributed by atoms with Crippen LogP contribution < -0.4 is 5.32 Å². The van der Waals surface area contributed by atoms with E-state index in [0.717, 1.165) is 30.5 Å². The maximum absolute atomic E-state index is 13.5. The van der Waals surface area contributed by atoms with E-state index in [2.05, 4.69) is 5.32 Å². The minimum absolute atomic E-state index is 0.0568. The highest BCUT2D eigenvalue weighted by molar-refractivity contribution is 5.31. The van der Waals surface area contributed by atoms with Crippen molar-refractivity contribution < 1.29 is 4.39 Å².